The van der Waals surface area contributed by atoms with Gasteiger partial charge in [-0.25, -0.2) is 4.79 Å². The Labute approximate surface area is 87.4 Å². The van der Waals surface area contributed by atoms with Crippen LogP contribution in [-0.4, -0.2) is 18.2 Å². The number of methoxy groups -OCH3 is 1. The molecule has 0 saturated heterocycles. The van der Waals surface area contributed by atoms with E-state index in [1.807, 2.05) is 0 Å². The smallest absolute Gasteiger partial charge is 0.308 e. The molecular formula is C10H9O3S-. The summed E-state index contributed by atoms with van der Waals surface area (Å²) in [6.07, 6.45) is 1.43. The van der Waals surface area contributed by atoms with E-state index in [9.17, 15) is 4.79 Å². The zero-order valence-electron chi connectivity index (χ0n) is 7.56. The van der Waals surface area contributed by atoms with Crippen LogP contribution < -0.4 is 4.74 Å². The predicted molar refractivity (Wildman–Crippen MR) is 56.0 cm³/mol. The average molecular weight is 209 g/mol. The van der Waals surface area contributed by atoms with Gasteiger partial charge in [0.1, 0.15) is 5.75 Å². The van der Waals surface area contributed by atoms with Crippen LogP contribution in [0, 0.1) is 0 Å². The highest BCUT2D eigenvalue weighted by atomic mass is 32.1. The molecule has 0 aromatic heterocycles. The molecule has 74 valence electrons. The van der Waals surface area contributed by atoms with E-state index in [0.29, 0.717) is 0 Å². The van der Waals surface area contributed by atoms with Gasteiger partial charge in [-0.3, -0.25) is 0 Å². The van der Waals surface area contributed by atoms with Crippen LogP contribution >= 0.6 is 0 Å². The Morgan fingerprint density at radius 1 is 1.43 bits per heavy atom. The molecule has 0 unspecified atom stereocenters. The fourth-order valence-corrected chi connectivity index (χ4v) is 1.05. The van der Waals surface area contributed by atoms with Gasteiger partial charge in [0.2, 0.25) is 0 Å². The second-order valence-electron chi connectivity index (χ2n) is 2.59. The Balaban J connectivity index is 2.88. The van der Waals surface area contributed by atoms with Crippen molar-refractivity contribution in [3.05, 3.63) is 34.7 Å². The lowest BCUT2D eigenvalue weighted by atomic mass is 10.2. The third kappa shape index (κ3) is 2.74. The van der Waals surface area contributed by atoms with Crippen molar-refractivity contribution in [2.24, 2.45) is 0 Å². The van der Waals surface area contributed by atoms with E-state index in [2.05, 4.69) is 12.6 Å². The maximum atomic E-state index is 10.4. The molecular weight excluding hydrogens is 200 g/mol. The number of rotatable bonds is 3. The lowest BCUT2D eigenvalue weighted by molar-refractivity contribution is -0.131. The maximum absolute atomic E-state index is 10.4. The second kappa shape index (κ2) is 4.62. The third-order valence-electron chi connectivity index (χ3n) is 1.62. The van der Waals surface area contributed by atoms with Crippen molar-refractivity contribution in [1.29, 1.82) is 0 Å². The van der Waals surface area contributed by atoms with Crippen molar-refractivity contribution in [3.63, 3.8) is 0 Å². The van der Waals surface area contributed by atoms with Crippen molar-refractivity contribution in [1.82, 2.24) is 0 Å². The molecule has 4 heteroatoms. The van der Waals surface area contributed by atoms with Crippen LogP contribution in [0.4, 0.5) is 0 Å². The fraction of sp³-hybridized carbons (Fsp3) is 0.100. The monoisotopic (exact) mass is 209 g/mol. The SMILES string of the molecule is COc1ccc(/C=C(/[S-])C(=O)O)cc1. The summed E-state index contributed by atoms with van der Waals surface area (Å²) in [5.41, 5.74) is 0.748. The van der Waals surface area contributed by atoms with E-state index in [1.54, 1.807) is 31.4 Å². The van der Waals surface area contributed by atoms with E-state index in [0.717, 1.165) is 11.3 Å². The second-order valence-corrected chi connectivity index (χ2v) is 3.03. The summed E-state index contributed by atoms with van der Waals surface area (Å²) in [5.74, 6) is -0.362. The van der Waals surface area contributed by atoms with Gasteiger partial charge in [-0.05, 0) is 17.7 Å². The topological polar surface area (TPSA) is 46.5 Å². The molecule has 3 nitrogen and oxygen atoms in total. The predicted octanol–water partition coefficient (Wildman–Crippen LogP) is 1.67. The van der Waals surface area contributed by atoms with Crippen molar-refractivity contribution in [3.8, 4) is 5.75 Å². The zero-order valence-corrected chi connectivity index (χ0v) is 8.38. The molecule has 0 aliphatic heterocycles. The van der Waals surface area contributed by atoms with Crippen LogP contribution in [0.25, 0.3) is 6.08 Å². The number of carboxylic acid groups (broad SMARTS) is 1. The lowest BCUT2D eigenvalue weighted by Gasteiger charge is -2.05. The summed E-state index contributed by atoms with van der Waals surface area (Å²) in [7, 11) is 1.57. The lowest BCUT2D eigenvalue weighted by Crippen LogP contribution is -1.96. The molecule has 0 heterocycles. The van der Waals surface area contributed by atoms with Gasteiger partial charge in [-0.1, -0.05) is 23.1 Å². The molecule has 0 spiro atoms. The number of carbonyl (C=O) groups is 1. The number of benzene rings is 1. The van der Waals surface area contributed by atoms with E-state index >= 15 is 0 Å². The molecule has 0 atom stereocenters. The highest BCUT2D eigenvalue weighted by Crippen LogP contribution is 2.13. The first-order valence-electron chi connectivity index (χ1n) is 3.89. The minimum absolute atomic E-state index is 0.102. The standard InChI is InChI=1S/C10H10O3S/c1-13-8-4-2-7(3-5-8)6-9(14)10(11)12/h2-6,14H,1H3,(H,11,12)/p-1/b9-6+. The summed E-state index contributed by atoms with van der Waals surface area (Å²) >= 11 is 4.63. The van der Waals surface area contributed by atoms with Gasteiger partial charge in [-0.15, -0.1) is 0 Å². The molecule has 0 saturated carbocycles. The summed E-state index contributed by atoms with van der Waals surface area (Å²) in [6.45, 7) is 0. The Morgan fingerprint density at radius 2 is 2.00 bits per heavy atom. The minimum atomic E-state index is -1.09. The van der Waals surface area contributed by atoms with Gasteiger partial charge in [0.05, 0.1) is 7.11 Å². The van der Waals surface area contributed by atoms with E-state index in [1.165, 1.54) is 6.08 Å². The fourth-order valence-electron chi connectivity index (χ4n) is 0.913. The van der Waals surface area contributed by atoms with Gasteiger partial charge in [-0.2, -0.15) is 0 Å². The molecule has 1 aromatic rings. The summed E-state index contributed by atoms with van der Waals surface area (Å²) in [4.78, 5) is 10.3. The first-order valence-corrected chi connectivity index (χ1v) is 4.30. The quantitative estimate of drug-likeness (QED) is 0.607. The van der Waals surface area contributed by atoms with Crippen molar-refractivity contribution >= 4 is 24.7 Å². The average Bonchev–Trinajstić information content (AvgIpc) is 2.19. The molecule has 14 heavy (non-hydrogen) atoms. The van der Waals surface area contributed by atoms with E-state index < -0.39 is 5.97 Å². The van der Waals surface area contributed by atoms with Crippen LogP contribution in [0.1, 0.15) is 5.56 Å². The van der Waals surface area contributed by atoms with Crippen molar-refractivity contribution < 1.29 is 14.6 Å². The van der Waals surface area contributed by atoms with Gasteiger partial charge in [0, 0.05) is 0 Å². The molecule has 0 aliphatic rings. The molecule has 1 aromatic carbocycles. The van der Waals surface area contributed by atoms with E-state index in [4.69, 9.17) is 9.84 Å². The van der Waals surface area contributed by atoms with E-state index in [-0.39, 0.29) is 4.91 Å². The molecule has 0 fully saturated rings. The van der Waals surface area contributed by atoms with Gasteiger partial charge < -0.3 is 22.5 Å². The molecule has 1 N–H and O–H groups in total. The summed E-state index contributed by atoms with van der Waals surface area (Å²) < 4.78 is 4.96. The maximum Gasteiger partial charge on any atom is 0.308 e. The largest absolute Gasteiger partial charge is 0.773 e. The molecule has 0 radical (unpaired) electrons. The number of aliphatic carboxylic acids is 1. The van der Waals surface area contributed by atoms with Gasteiger partial charge in [0.25, 0.3) is 0 Å². The normalized spacial score (nSPS) is 11.1. The van der Waals surface area contributed by atoms with Crippen LogP contribution in [0.5, 0.6) is 5.75 Å². The third-order valence-corrected chi connectivity index (χ3v) is 1.92. The highest BCUT2D eigenvalue weighted by molar-refractivity contribution is 7.65. The Bertz CT molecular complexity index is 354. The first kappa shape index (κ1) is 10.5. The Morgan fingerprint density at radius 3 is 2.43 bits per heavy atom. The Kier molecular flexibility index (Phi) is 3.48. The first-order chi connectivity index (χ1) is 6.63. The van der Waals surface area contributed by atoms with Gasteiger partial charge in [0.15, 0.2) is 0 Å². The number of hydrogen-bond acceptors (Lipinski definition) is 3. The molecule has 1 rings (SSSR count). The number of hydrogen-bond donors (Lipinski definition) is 1. The summed E-state index contributed by atoms with van der Waals surface area (Å²) in [6, 6.07) is 6.98. The van der Waals surface area contributed by atoms with Crippen LogP contribution in [0.3, 0.4) is 0 Å². The zero-order chi connectivity index (χ0) is 10.6. The van der Waals surface area contributed by atoms with Crippen LogP contribution in [-0.2, 0) is 17.4 Å². The van der Waals surface area contributed by atoms with Crippen LogP contribution in [0.15, 0.2) is 29.2 Å². The highest BCUT2D eigenvalue weighted by Gasteiger charge is 1.93. The van der Waals surface area contributed by atoms with Crippen molar-refractivity contribution in [2.45, 2.75) is 0 Å². The number of carboxylic acids is 1. The summed E-state index contributed by atoms with van der Waals surface area (Å²) in [5, 5.41) is 8.55. The molecule has 0 amide bonds. The Hall–Kier alpha value is -1.55. The number of ether oxygens (including phenoxy) is 1. The molecule has 0 bridgehead atoms. The van der Waals surface area contributed by atoms with Crippen LogP contribution in [0.2, 0.25) is 0 Å². The molecule has 0 aliphatic carbocycles. The van der Waals surface area contributed by atoms with Crippen molar-refractivity contribution in [2.75, 3.05) is 7.11 Å². The minimum Gasteiger partial charge on any atom is -0.773 e. The van der Waals surface area contributed by atoms with Gasteiger partial charge >= 0.3 is 5.97 Å².